The number of nitrogen functional groups attached to an aromatic ring is 1. The van der Waals surface area contributed by atoms with E-state index >= 15 is 0 Å². The van der Waals surface area contributed by atoms with E-state index in [1.807, 2.05) is 32.0 Å². The number of carbonyl (C=O) groups excluding carboxylic acids is 1. The average Bonchev–Trinajstić information content (AvgIpc) is 2.68. The first-order valence-electron chi connectivity index (χ1n) is 5.44. The predicted octanol–water partition coefficient (Wildman–Crippen LogP) is 1.75. The molecule has 1 aromatic rings. The summed E-state index contributed by atoms with van der Waals surface area (Å²) in [5.74, 6) is 0. The van der Waals surface area contributed by atoms with Crippen LogP contribution < -0.4 is 5.73 Å². The Kier molecular flexibility index (Phi) is 2.99. The molecule has 0 unspecified atom stereocenters. The standard InChI is InChI=1S/C12H15N3O2/c1-8-3-4-11(13)10(7-8)9(2)14-15-5-6-17-12(15)16/h3-4,7H,5-6,13H2,1-2H3/b14-9+. The van der Waals surface area contributed by atoms with E-state index in [9.17, 15) is 4.79 Å². The van der Waals surface area contributed by atoms with Crippen molar-refractivity contribution in [1.82, 2.24) is 5.01 Å². The minimum Gasteiger partial charge on any atom is -0.446 e. The van der Waals surface area contributed by atoms with Crippen LogP contribution in [-0.4, -0.2) is 30.0 Å². The summed E-state index contributed by atoms with van der Waals surface area (Å²) in [6.45, 7) is 4.69. The topological polar surface area (TPSA) is 67.9 Å². The van der Waals surface area contributed by atoms with Gasteiger partial charge in [-0.15, -0.1) is 0 Å². The molecule has 90 valence electrons. The van der Waals surface area contributed by atoms with Crippen LogP contribution >= 0.6 is 0 Å². The zero-order valence-corrected chi connectivity index (χ0v) is 9.93. The lowest BCUT2D eigenvalue weighted by molar-refractivity contribution is 0.159. The molecule has 1 aliphatic rings. The van der Waals surface area contributed by atoms with Crippen molar-refractivity contribution >= 4 is 17.5 Å². The first kappa shape index (κ1) is 11.4. The largest absolute Gasteiger partial charge is 0.446 e. The molecule has 0 bridgehead atoms. The lowest BCUT2D eigenvalue weighted by atomic mass is 10.1. The fourth-order valence-corrected chi connectivity index (χ4v) is 1.69. The number of nitrogens with two attached hydrogens (primary N) is 1. The molecule has 0 atom stereocenters. The molecule has 5 heteroatoms. The van der Waals surface area contributed by atoms with Gasteiger partial charge in [-0.2, -0.15) is 10.1 Å². The van der Waals surface area contributed by atoms with Crippen molar-refractivity contribution in [2.45, 2.75) is 13.8 Å². The maximum Gasteiger partial charge on any atom is 0.430 e. The predicted molar refractivity (Wildman–Crippen MR) is 65.9 cm³/mol. The quantitative estimate of drug-likeness (QED) is 0.625. The molecule has 0 aliphatic carbocycles. The van der Waals surface area contributed by atoms with Gasteiger partial charge in [0, 0.05) is 11.3 Å². The minimum atomic E-state index is -0.407. The molecule has 1 saturated heterocycles. The van der Waals surface area contributed by atoms with Crippen LogP contribution in [0.15, 0.2) is 23.3 Å². The van der Waals surface area contributed by atoms with Crippen LogP contribution in [0.25, 0.3) is 0 Å². The molecule has 5 nitrogen and oxygen atoms in total. The molecule has 0 radical (unpaired) electrons. The van der Waals surface area contributed by atoms with E-state index in [2.05, 4.69) is 5.10 Å². The van der Waals surface area contributed by atoms with E-state index in [0.717, 1.165) is 11.1 Å². The summed E-state index contributed by atoms with van der Waals surface area (Å²) >= 11 is 0. The lowest BCUT2D eigenvalue weighted by Crippen LogP contribution is -2.20. The van der Waals surface area contributed by atoms with Crippen LogP contribution in [0.2, 0.25) is 0 Å². The fraction of sp³-hybridized carbons (Fsp3) is 0.333. The van der Waals surface area contributed by atoms with Gasteiger partial charge in [-0.3, -0.25) is 0 Å². The minimum absolute atomic E-state index is 0.388. The summed E-state index contributed by atoms with van der Waals surface area (Å²) in [6.07, 6.45) is -0.407. The average molecular weight is 233 g/mol. The van der Waals surface area contributed by atoms with Crippen molar-refractivity contribution in [2.75, 3.05) is 18.9 Å². The normalized spacial score (nSPS) is 16.2. The number of cyclic esters (lactones) is 1. The van der Waals surface area contributed by atoms with E-state index in [1.165, 1.54) is 5.01 Å². The molecule has 1 heterocycles. The number of benzene rings is 1. The molecule has 1 aromatic carbocycles. The number of carbonyl (C=O) groups is 1. The van der Waals surface area contributed by atoms with Gasteiger partial charge >= 0.3 is 6.09 Å². The fourth-order valence-electron chi connectivity index (χ4n) is 1.69. The summed E-state index contributed by atoms with van der Waals surface area (Å²) < 4.78 is 4.80. The van der Waals surface area contributed by atoms with Crippen LogP contribution in [0.3, 0.4) is 0 Å². The van der Waals surface area contributed by atoms with Crippen LogP contribution in [0.5, 0.6) is 0 Å². The second-order valence-electron chi connectivity index (χ2n) is 4.01. The highest BCUT2D eigenvalue weighted by molar-refractivity contribution is 6.03. The van der Waals surface area contributed by atoms with Crippen molar-refractivity contribution in [3.63, 3.8) is 0 Å². The van der Waals surface area contributed by atoms with E-state index in [0.29, 0.717) is 24.6 Å². The van der Waals surface area contributed by atoms with Gasteiger partial charge in [0.05, 0.1) is 12.3 Å². The molecule has 2 rings (SSSR count). The number of ether oxygens (including phenoxy) is 1. The Balaban J connectivity index is 2.29. The summed E-state index contributed by atoms with van der Waals surface area (Å²) in [4.78, 5) is 11.3. The van der Waals surface area contributed by atoms with Crippen molar-refractivity contribution in [1.29, 1.82) is 0 Å². The number of aryl methyl sites for hydroxylation is 1. The maximum atomic E-state index is 11.3. The lowest BCUT2D eigenvalue weighted by Gasteiger charge is -2.10. The van der Waals surface area contributed by atoms with E-state index in [1.54, 1.807) is 0 Å². The van der Waals surface area contributed by atoms with E-state index in [4.69, 9.17) is 10.5 Å². The number of hydrogen-bond acceptors (Lipinski definition) is 4. The van der Waals surface area contributed by atoms with Gasteiger partial charge in [-0.1, -0.05) is 11.6 Å². The Morgan fingerprint density at radius 3 is 2.94 bits per heavy atom. The summed E-state index contributed by atoms with van der Waals surface area (Å²) in [5, 5.41) is 5.54. The van der Waals surface area contributed by atoms with Crippen molar-refractivity contribution < 1.29 is 9.53 Å². The Morgan fingerprint density at radius 2 is 2.29 bits per heavy atom. The van der Waals surface area contributed by atoms with E-state index < -0.39 is 6.09 Å². The van der Waals surface area contributed by atoms with Gasteiger partial charge in [0.2, 0.25) is 0 Å². The maximum absolute atomic E-state index is 11.3. The third kappa shape index (κ3) is 2.38. The number of hydrazone groups is 1. The Labute approximate surface area is 99.9 Å². The Bertz CT molecular complexity index is 483. The molecule has 1 fully saturated rings. The van der Waals surface area contributed by atoms with Gasteiger partial charge in [-0.25, -0.2) is 4.79 Å². The van der Waals surface area contributed by atoms with Gasteiger partial charge in [-0.05, 0) is 26.0 Å². The van der Waals surface area contributed by atoms with Crippen molar-refractivity contribution in [2.24, 2.45) is 5.10 Å². The first-order chi connectivity index (χ1) is 8.08. The molecular weight excluding hydrogens is 218 g/mol. The number of nitrogens with zero attached hydrogens (tertiary/aromatic N) is 2. The highest BCUT2D eigenvalue weighted by Crippen LogP contribution is 2.16. The molecular formula is C12H15N3O2. The third-order valence-corrected chi connectivity index (χ3v) is 2.61. The summed E-state index contributed by atoms with van der Waals surface area (Å²) in [5.41, 5.74) is 9.21. The van der Waals surface area contributed by atoms with Crippen LogP contribution in [-0.2, 0) is 4.74 Å². The monoisotopic (exact) mass is 233 g/mol. The molecule has 17 heavy (non-hydrogen) atoms. The molecule has 1 aliphatic heterocycles. The first-order valence-corrected chi connectivity index (χ1v) is 5.44. The Hall–Kier alpha value is -2.04. The van der Waals surface area contributed by atoms with Crippen LogP contribution in [0, 0.1) is 6.92 Å². The van der Waals surface area contributed by atoms with Crippen LogP contribution in [0.1, 0.15) is 18.1 Å². The Morgan fingerprint density at radius 1 is 1.53 bits per heavy atom. The molecule has 0 saturated carbocycles. The van der Waals surface area contributed by atoms with E-state index in [-0.39, 0.29) is 0 Å². The zero-order valence-electron chi connectivity index (χ0n) is 9.93. The van der Waals surface area contributed by atoms with Crippen LogP contribution in [0.4, 0.5) is 10.5 Å². The van der Waals surface area contributed by atoms with Crippen molar-refractivity contribution in [3.05, 3.63) is 29.3 Å². The SMILES string of the molecule is C/C(=N\N1CCOC1=O)c1cc(C)ccc1N. The van der Waals surface area contributed by atoms with Gasteiger partial charge in [0.1, 0.15) is 6.61 Å². The molecule has 1 amide bonds. The second kappa shape index (κ2) is 4.45. The third-order valence-electron chi connectivity index (χ3n) is 2.61. The number of hydrogen-bond donors (Lipinski definition) is 1. The summed E-state index contributed by atoms with van der Waals surface area (Å²) in [6, 6.07) is 5.73. The molecule has 0 spiro atoms. The van der Waals surface area contributed by atoms with Gasteiger partial charge in [0.15, 0.2) is 0 Å². The van der Waals surface area contributed by atoms with Gasteiger partial charge < -0.3 is 10.5 Å². The number of rotatable bonds is 2. The van der Waals surface area contributed by atoms with Gasteiger partial charge in [0.25, 0.3) is 0 Å². The van der Waals surface area contributed by atoms with Crippen molar-refractivity contribution in [3.8, 4) is 0 Å². The number of anilines is 1. The highest BCUT2D eigenvalue weighted by atomic mass is 16.6. The number of amides is 1. The molecule has 0 aromatic heterocycles. The smallest absolute Gasteiger partial charge is 0.430 e. The zero-order chi connectivity index (χ0) is 12.4. The second-order valence-corrected chi connectivity index (χ2v) is 4.01. The summed E-state index contributed by atoms with van der Waals surface area (Å²) in [7, 11) is 0. The highest BCUT2D eigenvalue weighted by Gasteiger charge is 2.21. The molecule has 2 N–H and O–H groups in total.